The van der Waals surface area contributed by atoms with Gasteiger partial charge in [0.15, 0.2) is 0 Å². The van der Waals surface area contributed by atoms with Gasteiger partial charge in [-0.2, -0.15) is 0 Å². The summed E-state index contributed by atoms with van der Waals surface area (Å²) in [4.78, 5) is 0. The first kappa shape index (κ1) is 12.6. The molecule has 2 rings (SSSR count). The Morgan fingerprint density at radius 3 is 2.28 bits per heavy atom. The van der Waals surface area contributed by atoms with Gasteiger partial charge >= 0.3 is 0 Å². The lowest BCUT2D eigenvalue weighted by Gasteiger charge is -2.07. The lowest BCUT2D eigenvalue weighted by Crippen LogP contribution is -1.99. The molecule has 0 saturated carbocycles. The molecule has 0 fully saturated rings. The molecule has 18 heavy (non-hydrogen) atoms. The summed E-state index contributed by atoms with van der Waals surface area (Å²) in [6.45, 7) is 2.80. The van der Waals surface area contributed by atoms with E-state index in [9.17, 15) is 4.39 Å². The number of hydrogen-bond donors (Lipinski definition) is 1. The van der Waals surface area contributed by atoms with Gasteiger partial charge in [-0.05, 0) is 36.2 Å². The Balaban J connectivity index is 2.28. The standard InChI is InChI=1S/C15H16FNO/c1-2-18-14-7-5-11(6-8-14)12-3-4-13(10-17)15(16)9-12/h3-9H,2,10,17H2,1H3. The molecule has 0 aromatic heterocycles. The molecule has 0 aliphatic rings. The fraction of sp³-hybridized carbons (Fsp3) is 0.200. The molecule has 0 heterocycles. The van der Waals surface area contributed by atoms with Crippen molar-refractivity contribution in [2.75, 3.05) is 6.61 Å². The van der Waals surface area contributed by atoms with E-state index in [0.717, 1.165) is 16.9 Å². The second kappa shape index (κ2) is 5.65. The average molecular weight is 245 g/mol. The summed E-state index contributed by atoms with van der Waals surface area (Å²) in [5.74, 6) is 0.559. The minimum absolute atomic E-state index is 0.218. The van der Waals surface area contributed by atoms with E-state index in [1.165, 1.54) is 6.07 Å². The summed E-state index contributed by atoms with van der Waals surface area (Å²) in [6, 6.07) is 12.7. The van der Waals surface area contributed by atoms with Crippen molar-refractivity contribution in [1.82, 2.24) is 0 Å². The van der Waals surface area contributed by atoms with Crippen molar-refractivity contribution >= 4 is 0 Å². The summed E-state index contributed by atoms with van der Waals surface area (Å²) in [5, 5.41) is 0. The van der Waals surface area contributed by atoms with Crippen molar-refractivity contribution in [3.8, 4) is 16.9 Å². The highest BCUT2D eigenvalue weighted by Gasteiger charge is 2.04. The van der Waals surface area contributed by atoms with E-state index in [-0.39, 0.29) is 12.4 Å². The van der Waals surface area contributed by atoms with E-state index >= 15 is 0 Å². The van der Waals surface area contributed by atoms with Crippen molar-refractivity contribution in [1.29, 1.82) is 0 Å². The molecule has 0 atom stereocenters. The van der Waals surface area contributed by atoms with Crippen LogP contribution in [-0.2, 0) is 6.54 Å². The zero-order valence-electron chi connectivity index (χ0n) is 10.3. The monoisotopic (exact) mass is 245 g/mol. The third kappa shape index (κ3) is 2.68. The molecule has 0 aliphatic heterocycles. The van der Waals surface area contributed by atoms with Crippen LogP contribution in [0.15, 0.2) is 42.5 Å². The van der Waals surface area contributed by atoms with Gasteiger partial charge in [0.25, 0.3) is 0 Å². The number of benzene rings is 2. The van der Waals surface area contributed by atoms with Crippen molar-refractivity contribution in [3.05, 3.63) is 53.8 Å². The van der Waals surface area contributed by atoms with Crippen LogP contribution in [0, 0.1) is 5.82 Å². The molecule has 0 bridgehead atoms. The highest BCUT2D eigenvalue weighted by atomic mass is 19.1. The fourth-order valence-corrected chi connectivity index (χ4v) is 1.80. The van der Waals surface area contributed by atoms with Crippen molar-refractivity contribution < 1.29 is 9.13 Å². The molecule has 2 N–H and O–H groups in total. The Hall–Kier alpha value is -1.87. The van der Waals surface area contributed by atoms with Gasteiger partial charge in [0, 0.05) is 12.1 Å². The minimum Gasteiger partial charge on any atom is -0.494 e. The van der Waals surface area contributed by atoms with Gasteiger partial charge in [-0.1, -0.05) is 24.3 Å². The highest BCUT2D eigenvalue weighted by molar-refractivity contribution is 5.64. The molecule has 0 spiro atoms. The maximum absolute atomic E-state index is 13.6. The van der Waals surface area contributed by atoms with Crippen LogP contribution in [-0.4, -0.2) is 6.61 Å². The highest BCUT2D eigenvalue weighted by Crippen LogP contribution is 2.24. The van der Waals surface area contributed by atoms with Crippen LogP contribution in [0.25, 0.3) is 11.1 Å². The largest absolute Gasteiger partial charge is 0.494 e. The third-order valence-corrected chi connectivity index (χ3v) is 2.77. The van der Waals surface area contributed by atoms with Gasteiger partial charge in [-0.15, -0.1) is 0 Å². The van der Waals surface area contributed by atoms with Crippen LogP contribution in [0.4, 0.5) is 4.39 Å². The van der Waals surface area contributed by atoms with E-state index in [4.69, 9.17) is 10.5 Å². The number of hydrogen-bond acceptors (Lipinski definition) is 2. The first-order valence-electron chi connectivity index (χ1n) is 5.96. The van der Waals surface area contributed by atoms with E-state index in [1.54, 1.807) is 6.07 Å². The van der Waals surface area contributed by atoms with Crippen LogP contribution in [0.5, 0.6) is 5.75 Å². The third-order valence-electron chi connectivity index (χ3n) is 2.77. The second-order valence-corrected chi connectivity index (χ2v) is 3.97. The summed E-state index contributed by atoms with van der Waals surface area (Å²) >= 11 is 0. The van der Waals surface area contributed by atoms with E-state index < -0.39 is 0 Å². The van der Waals surface area contributed by atoms with Gasteiger partial charge in [-0.3, -0.25) is 0 Å². The predicted octanol–water partition coefficient (Wildman–Crippen LogP) is 3.35. The maximum atomic E-state index is 13.6. The molecule has 0 saturated heterocycles. The van der Waals surface area contributed by atoms with Crippen LogP contribution in [0.2, 0.25) is 0 Å². The number of nitrogens with two attached hydrogens (primary N) is 1. The first-order valence-corrected chi connectivity index (χ1v) is 5.96. The predicted molar refractivity (Wildman–Crippen MR) is 70.9 cm³/mol. The molecular weight excluding hydrogens is 229 g/mol. The van der Waals surface area contributed by atoms with Crippen LogP contribution in [0.1, 0.15) is 12.5 Å². The summed E-state index contributed by atoms with van der Waals surface area (Å²) < 4.78 is 19.0. The van der Waals surface area contributed by atoms with Gasteiger partial charge < -0.3 is 10.5 Å². The molecule has 0 amide bonds. The smallest absolute Gasteiger partial charge is 0.128 e. The fourth-order valence-electron chi connectivity index (χ4n) is 1.80. The van der Waals surface area contributed by atoms with Gasteiger partial charge in [0.05, 0.1) is 6.61 Å². The SMILES string of the molecule is CCOc1ccc(-c2ccc(CN)c(F)c2)cc1. The van der Waals surface area contributed by atoms with Gasteiger partial charge in [0.1, 0.15) is 11.6 Å². The molecule has 94 valence electrons. The summed E-state index contributed by atoms with van der Waals surface area (Å²) in [6.07, 6.45) is 0. The lowest BCUT2D eigenvalue weighted by atomic mass is 10.0. The molecule has 3 heteroatoms. The average Bonchev–Trinajstić information content (AvgIpc) is 2.40. The molecule has 2 nitrogen and oxygen atoms in total. The normalized spacial score (nSPS) is 10.4. The van der Waals surface area contributed by atoms with Crippen LogP contribution in [0.3, 0.4) is 0 Å². The number of rotatable bonds is 4. The first-order chi connectivity index (χ1) is 8.74. The second-order valence-electron chi connectivity index (χ2n) is 3.97. The molecule has 2 aromatic carbocycles. The topological polar surface area (TPSA) is 35.2 Å². The van der Waals surface area contributed by atoms with Crippen LogP contribution >= 0.6 is 0 Å². The van der Waals surface area contributed by atoms with Crippen molar-refractivity contribution in [3.63, 3.8) is 0 Å². The Kier molecular flexibility index (Phi) is 3.95. The molecule has 0 radical (unpaired) electrons. The van der Waals surface area contributed by atoms with Gasteiger partial charge in [-0.25, -0.2) is 4.39 Å². The van der Waals surface area contributed by atoms with E-state index in [2.05, 4.69) is 0 Å². The van der Waals surface area contributed by atoms with Crippen LogP contribution < -0.4 is 10.5 Å². The molecule has 0 aliphatic carbocycles. The Labute approximate surface area is 106 Å². The zero-order chi connectivity index (χ0) is 13.0. The van der Waals surface area contributed by atoms with Crippen molar-refractivity contribution in [2.24, 2.45) is 5.73 Å². The molecule has 0 unspecified atom stereocenters. The van der Waals surface area contributed by atoms with E-state index in [1.807, 2.05) is 37.3 Å². The minimum atomic E-state index is -0.260. The zero-order valence-corrected chi connectivity index (χ0v) is 10.3. The Morgan fingerprint density at radius 1 is 1.06 bits per heavy atom. The van der Waals surface area contributed by atoms with E-state index in [0.29, 0.717) is 12.2 Å². The molecule has 2 aromatic rings. The van der Waals surface area contributed by atoms with Gasteiger partial charge in [0.2, 0.25) is 0 Å². The Morgan fingerprint density at radius 2 is 1.72 bits per heavy atom. The quantitative estimate of drug-likeness (QED) is 0.896. The Bertz CT molecular complexity index is 523. The number of halogens is 1. The summed E-state index contributed by atoms with van der Waals surface area (Å²) in [5.41, 5.74) is 7.77. The summed E-state index contributed by atoms with van der Waals surface area (Å²) in [7, 11) is 0. The van der Waals surface area contributed by atoms with Crippen molar-refractivity contribution in [2.45, 2.75) is 13.5 Å². The lowest BCUT2D eigenvalue weighted by molar-refractivity contribution is 0.340. The molecular formula is C15H16FNO. The maximum Gasteiger partial charge on any atom is 0.128 e. The number of ether oxygens (including phenoxy) is 1.